The molecule has 1 aliphatic rings. The number of hydrogen-bond acceptors (Lipinski definition) is 5. The Kier molecular flexibility index (Phi) is 4.11. The van der Waals surface area contributed by atoms with E-state index < -0.39 is 5.82 Å². The summed E-state index contributed by atoms with van der Waals surface area (Å²) in [6, 6.07) is 1.47. The summed E-state index contributed by atoms with van der Waals surface area (Å²) in [6.45, 7) is 0.707. The van der Waals surface area contributed by atoms with E-state index in [1.165, 1.54) is 12.3 Å². The number of pyridine rings is 1. The van der Waals surface area contributed by atoms with Crippen molar-refractivity contribution in [1.82, 2.24) is 4.98 Å². The molecule has 2 unspecified atom stereocenters. The Bertz CT molecular complexity index is 404. The third-order valence-electron chi connectivity index (χ3n) is 3.24. The molecule has 0 aliphatic carbocycles. The highest BCUT2D eigenvalue weighted by Gasteiger charge is 2.35. The van der Waals surface area contributed by atoms with Crippen molar-refractivity contribution in [3.8, 4) is 0 Å². The second-order valence-electron chi connectivity index (χ2n) is 4.22. The van der Waals surface area contributed by atoms with E-state index in [2.05, 4.69) is 4.98 Å². The lowest BCUT2D eigenvalue weighted by Crippen LogP contribution is -2.27. The molecule has 2 atom stereocenters. The van der Waals surface area contributed by atoms with Gasteiger partial charge in [0, 0.05) is 39.1 Å². The highest BCUT2D eigenvalue weighted by Crippen LogP contribution is 2.25. The van der Waals surface area contributed by atoms with Crippen molar-refractivity contribution in [3.63, 3.8) is 0 Å². The van der Waals surface area contributed by atoms with Gasteiger partial charge in [0.15, 0.2) is 11.6 Å². The van der Waals surface area contributed by atoms with Gasteiger partial charge in [-0.3, -0.25) is 0 Å². The molecule has 2 heterocycles. The molecular formula is C12H17FN2O3. The first kappa shape index (κ1) is 13.2. The van der Waals surface area contributed by atoms with Crippen LogP contribution in [0.3, 0.4) is 0 Å². The third-order valence-corrected chi connectivity index (χ3v) is 3.24. The lowest BCUT2D eigenvalue weighted by atomic mass is 10.2. The molecule has 18 heavy (non-hydrogen) atoms. The molecule has 1 aromatic rings. The summed E-state index contributed by atoms with van der Waals surface area (Å²) in [5.74, 6) is -0.241. The van der Waals surface area contributed by atoms with Crippen LogP contribution in [0.4, 0.5) is 10.2 Å². The molecule has 0 amide bonds. The molecule has 1 N–H and O–H groups in total. The van der Waals surface area contributed by atoms with Gasteiger partial charge in [-0.1, -0.05) is 0 Å². The number of anilines is 1. The number of aliphatic hydroxyl groups excluding tert-OH is 1. The summed E-state index contributed by atoms with van der Waals surface area (Å²) in [5.41, 5.74) is 0.245. The minimum Gasteiger partial charge on any atom is -0.392 e. The van der Waals surface area contributed by atoms with Crippen molar-refractivity contribution in [2.75, 3.05) is 32.2 Å². The van der Waals surface area contributed by atoms with Gasteiger partial charge in [-0.15, -0.1) is 0 Å². The van der Waals surface area contributed by atoms with E-state index in [9.17, 15) is 4.39 Å². The number of aromatic nitrogens is 1. The van der Waals surface area contributed by atoms with Crippen molar-refractivity contribution in [2.24, 2.45) is 0 Å². The Morgan fingerprint density at radius 1 is 1.39 bits per heavy atom. The summed E-state index contributed by atoms with van der Waals surface area (Å²) in [6.07, 6.45) is 1.29. The van der Waals surface area contributed by atoms with Gasteiger partial charge in [-0.05, 0) is 6.07 Å². The molecule has 100 valence electrons. The first-order valence-electron chi connectivity index (χ1n) is 5.76. The molecule has 1 saturated heterocycles. The molecule has 2 rings (SSSR count). The number of rotatable bonds is 4. The number of ether oxygens (including phenoxy) is 2. The van der Waals surface area contributed by atoms with E-state index in [1.807, 2.05) is 0 Å². The number of halogens is 1. The summed E-state index contributed by atoms with van der Waals surface area (Å²) in [4.78, 5) is 5.81. The Labute approximate surface area is 105 Å². The van der Waals surface area contributed by atoms with Crippen LogP contribution in [0.15, 0.2) is 12.3 Å². The molecule has 0 spiro atoms. The molecular weight excluding hydrogens is 239 g/mol. The molecule has 1 aliphatic heterocycles. The van der Waals surface area contributed by atoms with Crippen molar-refractivity contribution in [2.45, 2.75) is 18.8 Å². The van der Waals surface area contributed by atoms with Crippen molar-refractivity contribution in [1.29, 1.82) is 0 Å². The second kappa shape index (κ2) is 5.60. The Balaban J connectivity index is 2.23. The van der Waals surface area contributed by atoms with Gasteiger partial charge < -0.3 is 19.5 Å². The van der Waals surface area contributed by atoms with Gasteiger partial charge in [-0.2, -0.15) is 0 Å². The zero-order chi connectivity index (χ0) is 13.1. The van der Waals surface area contributed by atoms with Gasteiger partial charge in [0.05, 0.1) is 6.61 Å². The standard InChI is InChI=1S/C12H17FN2O3/c1-17-9-5-15(6-10(9)18-2)12-11(13)8(7-16)3-4-14-12/h3-4,9-10,16H,5-7H2,1-2H3. The number of hydrogen-bond donors (Lipinski definition) is 1. The lowest BCUT2D eigenvalue weighted by molar-refractivity contribution is -0.00461. The van der Waals surface area contributed by atoms with Crippen LogP contribution >= 0.6 is 0 Å². The average molecular weight is 256 g/mol. The summed E-state index contributed by atoms with van der Waals surface area (Å²) >= 11 is 0. The van der Waals surface area contributed by atoms with Gasteiger partial charge in [0.1, 0.15) is 12.2 Å². The molecule has 1 aromatic heterocycles. The first-order valence-corrected chi connectivity index (χ1v) is 5.76. The van der Waals surface area contributed by atoms with Crippen LogP contribution in [-0.2, 0) is 16.1 Å². The van der Waals surface area contributed by atoms with Crippen LogP contribution in [0, 0.1) is 5.82 Å². The molecule has 6 heteroatoms. The van der Waals surface area contributed by atoms with Crippen molar-refractivity contribution in [3.05, 3.63) is 23.6 Å². The fraction of sp³-hybridized carbons (Fsp3) is 0.583. The van der Waals surface area contributed by atoms with Gasteiger partial charge >= 0.3 is 0 Å². The molecule has 5 nitrogen and oxygen atoms in total. The van der Waals surface area contributed by atoms with Gasteiger partial charge in [0.25, 0.3) is 0 Å². The molecule has 0 bridgehead atoms. The molecule has 1 fully saturated rings. The van der Waals surface area contributed by atoms with E-state index in [4.69, 9.17) is 14.6 Å². The summed E-state index contributed by atoms with van der Waals surface area (Å²) in [7, 11) is 3.21. The van der Waals surface area contributed by atoms with E-state index in [0.717, 1.165) is 0 Å². The van der Waals surface area contributed by atoms with Crippen LogP contribution in [0.1, 0.15) is 5.56 Å². The molecule has 0 aromatic carbocycles. The monoisotopic (exact) mass is 256 g/mol. The maximum absolute atomic E-state index is 14.0. The van der Waals surface area contributed by atoms with Crippen LogP contribution < -0.4 is 4.90 Å². The fourth-order valence-electron chi connectivity index (χ4n) is 2.18. The van der Waals surface area contributed by atoms with Crippen LogP contribution in [-0.4, -0.2) is 49.6 Å². The van der Waals surface area contributed by atoms with Crippen LogP contribution in [0.5, 0.6) is 0 Å². The minimum atomic E-state index is -0.480. The van der Waals surface area contributed by atoms with Gasteiger partial charge in [0.2, 0.25) is 0 Å². The zero-order valence-corrected chi connectivity index (χ0v) is 10.5. The predicted molar refractivity (Wildman–Crippen MR) is 63.9 cm³/mol. The van der Waals surface area contributed by atoms with E-state index >= 15 is 0 Å². The van der Waals surface area contributed by atoms with Gasteiger partial charge in [-0.25, -0.2) is 9.37 Å². The second-order valence-corrected chi connectivity index (χ2v) is 4.22. The van der Waals surface area contributed by atoms with Crippen LogP contribution in [0.2, 0.25) is 0 Å². The van der Waals surface area contributed by atoms with E-state index in [1.54, 1.807) is 19.1 Å². The average Bonchev–Trinajstić information content (AvgIpc) is 2.82. The molecule has 0 saturated carbocycles. The fourth-order valence-corrected chi connectivity index (χ4v) is 2.18. The highest BCUT2D eigenvalue weighted by atomic mass is 19.1. The minimum absolute atomic E-state index is 0.103. The Hall–Kier alpha value is -1.24. The first-order chi connectivity index (χ1) is 8.71. The predicted octanol–water partition coefficient (Wildman–Crippen LogP) is 0.563. The number of nitrogens with zero attached hydrogens (tertiary/aromatic N) is 2. The third kappa shape index (κ3) is 2.31. The quantitative estimate of drug-likeness (QED) is 0.853. The Morgan fingerprint density at radius 3 is 2.50 bits per heavy atom. The number of methoxy groups -OCH3 is 2. The molecule has 0 radical (unpaired) electrons. The van der Waals surface area contributed by atoms with Crippen molar-refractivity contribution >= 4 is 5.82 Å². The normalized spacial score (nSPS) is 23.7. The smallest absolute Gasteiger partial charge is 0.171 e. The maximum atomic E-state index is 14.0. The maximum Gasteiger partial charge on any atom is 0.171 e. The van der Waals surface area contributed by atoms with Crippen LogP contribution in [0.25, 0.3) is 0 Å². The SMILES string of the molecule is COC1CN(c2nccc(CO)c2F)CC1OC. The Morgan fingerprint density at radius 2 is 2.00 bits per heavy atom. The lowest BCUT2D eigenvalue weighted by Gasteiger charge is -2.18. The largest absolute Gasteiger partial charge is 0.392 e. The topological polar surface area (TPSA) is 54.8 Å². The summed E-state index contributed by atoms with van der Waals surface area (Å²) in [5, 5.41) is 9.05. The summed E-state index contributed by atoms with van der Waals surface area (Å²) < 4.78 is 24.6. The zero-order valence-electron chi connectivity index (χ0n) is 10.5. The van der Waals surface area contributed by atoms with E-state index in [0.29, 0.717) is 13.1 Å². The number of aliphatic hydroxyl groups is 1. The van der Waals surface area contributed by atoms with Crippen molar-refractivity contribution < 1.29 is 19.0 Å². The highest BCUT2D eigenvalue weighted by molar-refractivity contribution is 5.44. The van der Waals surface area contributed by atoms with E-state index in [-0.39, 0.29) is 30.2 Å².